The van der Waals surface area contributed by atoms with Gasteiger partial charge in [-0.05, 0) is 54.6 Å². The van der Waals surface area contributed by atoms with Crippen molar-refractivity contribution in [3.05, 3.63) is 50.1 Å². The summed E-state index contributed by atoms with van der Waals surface area (Å²) in [5.74, 6) is 0.969. The van der Waals surface area contributed by atoms with Gasteiger partial charge in [-0.15, -0.1) is 11.3 Å². The van der Waals surface area contributed by atoms with Gasteiger partial charge < -0.3 is 10.5 Å². The van der Waals surface area contributed by atoms with Crippen LogP contribution < -0.4 is 10.5 Å². The number of thiophene rings is 1. The molecule has 0 unspecified atom stereocenters. The Balaban J connectivity index is 2.19. The van der Waals surface area contributed by atoms with Crippen molar-refractivity contribution in [2.24, 2.45) is 5.73 Å². The molecule has 0 radical (unpaired) electrons. The summed E-state index contributed by atoms with van der Waals surface area (Å²) < 4.78 is 7.03. The van der Waals surface area contributed by atoms with Crippen molar-refractivity contribution in [1.82, 2.24) is 0 Å². The topological polar surface area (TPSA) is 35.2 Å². The summed E-state index contributed by atoms with van der Waals surface area (Å²) in [6, 6.07) is 8.29. The van der Waals surface area contributed by atoms with Gasteiger partial charge in [0.25, 0.3) is 0 Å². The minimum Gasteiger partial charge on any atom is -0.488 e. The molecule has 0 aliphatic rings. The average molecular weight is 326 g/mol. The fraction of sp³-hybridized carbons (Fsp3) is 0.286. The highest BCUT2D eigenvalue weighted by Gasteiger charge is 2.09. The summed E-state index contributed by atoms with van der Waals surface area (Å²) in [6.45, 7) is 3.32. The standard InChI is InChI=1S/C14H16BrNOS/c1-10-7-12(15)8-11(4-5-16)14(10)17-9-13-3-2-6-18-13/h2-3,6-8H,4-5,9,16H2,1H3. The molecule has 0 aliphatic heterocycles. The van der Waals surface area contributed by atoms with Crippen LogP contribution in [-0.2, 0) is 13.0 Å². The van der Waals surface area contributed by atoms with E-state index in [-0.39, 0.29) is 0 Å². The van der Waals surface area contributed by atoms with Crippen LogP contribution in [0.4, 0.5) is 0 Å². The summed E-state index contributed by atoms with van der Waals surface area (Å²) in [6.07, 6.45) is 0.833. The Kier molecular flexibility index (Phi) is 4.80. The van der Waals surface area contributed by atoms with Crippen molar-refractivity contribution in [2.45, 2.75) is 20.0 Å². The molecule has 1 aromatic heterocycles. The van der Waals surface area contributed by atoms with E-state index in [4.69, 9.17) is 10.5 Å². The van der Waals surface area contributed by atoms with E-state index in [0.29, 0.717) is 13.2 Å². The average Bonchev–Trinajstić information content (AvgIpc) is 2.81. The normalized spacial score (nSPS) is 10.6. The van der Waals surface area contributed by atoms with Crippen LogP contribution in [0, 0.1) is 6.92 Å². The SMILES string of the molecule is Cc1cc(Br)cc(CCN)c1OCc1cccs1. The van der Waals surface area contributed by atoms with Gasteiger partial charge in [-0.2, -0.15) is 0 Å². The second kappa shape index (κ2) is 6.36. The van der Waals surface area contributed by atoms with Gasteiger partial charge in [-0.1, -0.05) is 22.0 Å². The highest BCUT2D eigenvalue weighted by molar-refractivity contribution is 9.10. The predicted molar refractivity (Wildman–Crippen MR) is 80.3 cm³/mol. The molecule has 2 rings (SSSR count). The fourth-order valence-corrected chi connectivity index (χ4v) is 3.12. The van der Waals surface area contributed by atoms with Gasteiger partial charge in [0.2, 0.25) is 0 Å². The van der Waals surface area contributed by atoms with E-state index in [1.165, 1.54) is 10.4 Å². The summed E-state index contributed by atoms with van der Waals surface area (Å²) in [7, 11) is 0. The molecule has 96 valence electrons. The first-order valence-electron chi connectivity index (χ1n) is 5.85. The third-order valence-corrected chi connectivity index (χ3v) is 3.98. The van der Waals surface area contributed by atoms with E-state index >= 15 is 0 Å². The molecule has 4 heteroatoms. The number of aryl methyl sites for hydroxylation is 1. The maximum atomic E-state index is 5.95. The second-order valence-corrected chi connectivity index (χ2v) is 6.07. The van der Waals surface area contributed by atoms with Crippen molar-refractivity contribution < 1.29 is 4.74 Å². The highest BCUT2D eigenvalue weighted by atomic mass is 79.9. The molecule has 2 N–H and O–H groups in total. The summed E-state index contributed by atoms with van der Waals surface area (Å²) in [4.78, 5) is 1.23. The van der Waals surface area contributed by atoms with Crippen molar-refractivity contribution in [3.63, 3.8) is 0 Å². The van der Waals surface area contributed by atoms with Crippen LogP contribution in [0.3, 0.4) is 0 Å². The third-order valence-electron chi connectivity index (χ3n) is 2.67. The van der Waals surface area contributed by atoms with Crippen molar-refractivity contribution in [2.75, 3.05) is 6.54 Å². The summed E-state index contributed by atoms with van der Waals surface area (Å²) in [5.41, 5.74) is 7.96. The van der Waals surface area contributed by atoms with E-state index < -0.39 is 0 Å². The Morgan fingerprint density at radius 3 is 2.89 bits per heavy atom. The number of rotatable bonds is 5. The lowest BCUT2D eigenvalue weighted by Gasteiger charge is -2.14. The Morgan fingerprint density at radius 1 is 1.39 bits per heavy atom. The molecular formula is C14H16BrNOS. The van der Waals surface area contributed by atoms with Gasteiger partial charge in [0.15, 0.2) is 0 Å². The molecule has 0 saturated heterocycles. The second-order valence-electron chi connectivity index (χ2n) is 4.12. The minimum atomic E-state index is 0.623. The molecular weight excluding hydrogens is 310 g/mol. The number of nitrogens with two attached hydrogens (primary N) is 1. The maximum absolute atomic E-state index is 5.95. The summed E-state index contributed by atoms with van der Waals surface area (Å²) in [5, 5.41) is 2.06. The van der Waals surface area contributed by atoms with E-state index in [1.54, 1.807) is 11.3 Å². The van der Waals surface area contributed by atoms with E-state index in [0.717, 1.165) is 22.2 Å². The largest absolute Gasteiger partial charge is 0.488 e. The minimum absolute atomic E-state index is 0.623. The first-order chi connectivity index (χ1) is 8.70. The molecule has 0 bridgehead atoms. The van der Waals surface area contributed by atoms with Crippen molar-refractivity contribution in [1.29, 1.82) is 0 Å². The van der Waals surface area contributed by atoms with Crippen LogP contribution in [-0.4, -0.2) is 6.54 Å². The van der Waals surface area contributed by atoms with Crippen LogP contribution in [0.15, 0.2) is 34.1 Å². The van der Waals surface area contributed by atoms with Crippen LogP contribution in [0.5, 0.6) is 5.75 Å². The summed E-state index contributed by atoms with van der Waals surface area (Å²) >= 11 is 5.22. The van der Waals surface area contributed by atoms with Gasteiger partial charge in [0.05, 0.1) is 0 Å². The Labute approximate surface area is 120 Å². The zero-order valence-corrected chi connectivity index (χ0v) is 12.7. The maximum Gasteiger partial charge on any atom is 0.126 e. The van der Waals surface area contributed by atoms with Crippen LogP contribution in [0.2, 0.25) is 0 Å². The molecule has 0 aliphatic carbocycles. The number of hydrogen-bond acceptors (Lipinski definition) is 3. The van der Waals surface area contributed by atoms with Gasteiger partial charge in [-0.25, -0.2) is 0 Å². The molecule has 0 fully saturated rings. The lowest BCUT2D eigenvalue weighted by Crippen LogP contribution is -2.06. The first kappa shape index (κ1) is 13.6. The lowest BCUT2D eigenvalue weighted by molar-refractivity contribution is 0.304. The van der Waals surface area contributed by atoms with Gasteiger partial charge >= 0.3 is 0 Å². The van der Waals surface area contributed by atoms with Crippen molar-refractivity contribution >= 4 is 27.3 Å². The third kappa shape index (κ3) is 3.34. The van der Waals surface area contributed by atoms with Gasteiger partial charge in [0, 0.05) is 9.35 Å². The highest BCUT2D eigenvalue weighted by Crippen LogP contribution is 2.29. The smallest absolute Gasteiger partial charge is 0.126 e. The number of ether oxygens (including phenoxy) is 1. The monoisotopic (exact) mass is 325 g/mol. The van der Waals surface area contributed by atoms with Crippen molar-refractivity contribution in [3.8, 4) is 5.75 Å². The van der Waals surface area contributed by atoms with Crippen LogP contribution in [0.1, 0.15) is 16.0 Å². The van der Waals surface area contributed by atoms with E-state index in [2.05, 4.69) is 46.4 Å². The van der Waals surface area contributed by atoms with Gasteiger partial charge in [0.1, 0.15) is 12.4 Å². The zero-order chi connectivity index (χ0) is 13.0. The molecule has 18 heavy (non-hydrogen) atoms. The Morgan fingerprint density at radius 2 is 2.22 bits per heavy atom. The number of benzene rings is 1. The Bertz CT molecular complexity index is 511. The predicted octanol–water partition coefficient (Wildman–Crippen LogP) is 3.90. The zero-order valence-electron chi connectivity index (χ0n) is 10.3. The lowest BCUT2D eigenvalue weighted by atomic mass is 10.1. The molecule has 0 atom stereocenters. The Hall–Kier alpha value is -0.840. The van der Waals surface area contributed by atoms with E-state index in [9.17, 15) is 0 Å². The van der Waals surface area contributed by atoms with Crippen LogP contribution in [0.25, 0.3) is 0 Å². The van der Waals surface area contributed by atoms with E-state index in [1.807, 2.05) is 6.07 Å². The molecule has 0 spiro atoms. The van der Waals surface area contributed by atoms with Crippen LogP contribution >= 0.6 is 27.3 Å². The molecule has 2 nitrogen and oxygen atoms in total. The first-order valence-corrected chi connectivity index (χ1v) is 7.52. The molecule has 1 heterocycles. The molecule has 0 amide bonds. The number of halogens is 1. The quantitative estimate of drug-likeness (QED) is 0.904. The molecule has 2 aromatic rings. The molecule has 1 aromatic carbocycles. The fourth-order valence-electron chi connectivity index (χ4n) is 1.89. The molecule has 0 saturated carbocycles. The number of hydrogen-bond donors (Lipinski definition) is 1. The van der Waals surface area contributed by atoms with Gasteiger partial charge in [-0.3, -0.25) is 0 Å².